The lowest BCUT2D eigenvalue weighted by Gasteiger charge is -2.36. The van der Waals surface area contributed by atoms with Gasteiger partial charge in [0.2, 0.25) is 5.91 Å². The van der Waals surface area contributed by atoms with Crippen LogP contribution < -0.4 is 10.6 Å². The minimum Gasteiger partial charge on any atom is -0.326 e. The van der Waals surface area contributed by atoms with Gasteiger partial charge in [0, 0.05) is 17.1 Å². The van der Waals surface area contributed by atoms with Gasteiger partial charge >= 0.3 is 0 Å². The Morgan fingerprint density at radius 3 is 2.25 bits per heavy atom. The van der Waals surface area contributed by atoms with Crippen LogP contribution in [0.5, 0.6) is 0 Å². The number of halogens is 1. The predicted molar refractivity (Wildman–Crippen MR) is 142 cm³/mol. The highest BCUT2D eigenvalue weighted by Gasteiger charge is 2.40. The third-order valence-corrected chi connectivity index (χ3v) is 6.75. The Morgan fingerprint density at radius 2 is 1.56 bits per heavy atom. The van der Waals surface area contributed by atoms with E-state index in [0.717, 1.165) is 11.3 Å². The van der Waals surface area contributed by atoms with Gasteiger partial charge in [0.25, 0.3) is 5.91 Å². The van der Waals surface area contributed by atoms with Gasteiger partial charge in [-0.2, -0.15) is 0 Å². The number of para-hydroxylation sites is 1. The predicted octanol–water partition coefficient (Wildman–Crippen LogP) is 6.07. The number of nitrogens with one attached hydrogen (secondary N) is 2. The van der Waals surface area contributed by atoms with Crippen molar-refractivity contribution in [3.63, 3.8) is 0 Å². The molecule has 3 aromatic rings. The Kier molecular flexibility index (Phi) is 6.69. The molecule has 0 radical (unpaired) electrons. The molecule has 2 aliphatic rings. The van der Waals surface area contributed by atoms with Gasteiger partial charge in [-0.15, -0.1) is 0 Å². The van der Waals surface area contributed by atoms with Gasteiger partial charge in [-0.25, -0.2) is 9.38 Å². The first-order valence-corrected chi connectivity index (χ1v) is 12.3. The highest BCUT2D eigenvalue weighted by molar-refractivity contribution is 8.16. The number of amides is 2. The number of rotatable bonds is 6. The Balaban J connectivity index is 1.45. The summed E-state index contributed by atoms with van der Waals surface area (Å²) in [5.41, 5.74) is 3.98. The van der Waals surface area contributed by atoms with Crippen LogP contribution in [0.15, 0.2) is 112 Å². The molecule has 5 rings (SSSR count). The standard InChI is InChI=1S/C28H23FN4O2S/c1-18-25(27(35)32-21-10-6-3-7-11-21)26(19-8-4-2-5-9-19)33-23(17-36-28(33)30-18)16-24(34)31-22-14-12-20(29)13-15-22/h2-15,17,26H,16H2,1H3,(H,31,34)(H,32,35). The second-order valence-electron chi connectivity index (χ2n) is 8.36. The average Bonchev–Trinajstić information content (AvgIpc) is 3.27. The SMILES string of the molecule is CC1=C(C(=O)Nc2ccccc2)C(c2ccccc2)N2C(CC(=O)Nc3ccc(F)cc3)=CSC2=N1. The molecule has 8 heteroatoms. The summed E-state index contributed by atoms with van der Waals surface area (Å²) in [5, 5.41) is 8.40. The minimum absolute atomic E-state index is 0.0688. The number of aliphatic imine (C=N–C) groups is 1. The Labute approximate surface area is 212 Å². The molecule has 2 aliphatic heterocycles. The van der Waals surface area contributed by atoms with Gasteiger partial charge in [0.1, 0.15) is 5.82 Å². The second kappa shape index (κ2) is 10.2. The summed E-state index contributed by atoms with van der Waals surface area (Å²) in [7, 11) is 0. The largest absolute Gasteiger partial charge is 0.326 e. The third kappa shape index (κ3) is 4.94. The van der Waals surface area contributed by atoms with E-state index in [1.165, 1.54) is 36.0 Å². The maximum atomic E-state index is 13.5. The maximum Gasteiger partial charge on any atom is 0.255 e. The van der Waals surface area contributed by atoms with Gasteiger partial charge in [-0.1, -0.05) is 60.3 Å². The number of fused-ring (bicyclic) bond motifs is 1. The number of allylic oxidation sites excluding steroid dienone is 1. The van der Waals surface area contributed by atoms with Crippen LogP contribution in [0.2, 0.25) is 0 Å². The van der Waals surface area contributed by atoms with E-state index in [1.807, 2.05) is 77.9 Å². The van der Waals surface area contributed by atoms with Crippen LogP contribution in [0.4, 0.5) is 15.8 Å². The number of hydrogen-bond acceptors (Lipinski definition) is 5. The number of anilines is 2. The second-order valence-corrected chi connectivity index (χ2v) is 9.19. The monoisotopic (exact) mass is 498 g/mol. The van der Waals surface area contributed by atoms with Crippen molar-refractivity contribution in [2.45, 2.75) is 19.4 Å². The van der Waals surface area contributed by atoms with Crippen LogP contribution in [0.1, 0.15) is 24.9 Å². The average molecular weight is 499 g/mol. The normalized spacial score (nSPS) is 16.7. The molecule has 3 aromatic carbocycles. The van der Waals surface area contributed by atoms with E-state index in [9.17, 15) is 14.0 Å². The lowest BCUT2D eigenvalue weighted by atomic mass is 9.93. The summed E-state index contributed by atoms with van der Waals surface area (Å²) in [6.07, 6.45) is 0.0688. The van der Waals surface area contributed by atoms with Gasteiger partial charge in [-0.05, 0) is 54.3 Å². The van der Waals surface area contributed by atoms with Crippen molar-refractivity contribution in [2.24, 2.45) is 4.99 Å². The highest BCUT2D eigenvalue weighted by atomic mass is 32.2. The zero-order chi connectivity index (χ0) is 25.1. The van der Waals surface area contributed by atoms with Gasteiger partial charge in [-0.3, -0.25) is 9.59 Å². The summed E-state index contributed by atoms with van der Waals surface area (Å²) in [4.78, 5) is 33.1. The van der Waals surface area contributed by atoms with Gasteiger partial charge in [0.15, 0.2) is 5.17 Å². The van der Waals surface area contributed by atoms with Gasteiger partial charge < -0.3 is 15.5 Å². The molecule has 6 nitrogen and oxygen atoms in total. The maximum absolute atomic E-state index is 13.5. The van der Waals surface area contributed by atoms with Crippen molar-refractivity contribution in [3.05, 3.63) is 119 Å². The molecule has 2 heterocycles. The molecule has 2 amide bonds. The van der Waals surface area contributed by atoms with E-state index >= 15 is 0 Å². The number of amidine groups is 1. The van der Waals surface area contributed by atoms with Gasteiger partial charge in [0.05, 0.1) is 23.7 Å². The zero-order valence-corrected chi connectivity index (χ0v) is 20.3. The molecule has 0 fully saturated rings. The zero-order valence-electron chi connectivity index (χ0n) is 19.4. The number of nitrogens with zero attached hydrogens (tertiary/aromatic N) is 2. The van der Waals surface area contributed by atoms with Crippen LogP contribution in [0.3, 0.4) is 0 Å². The summed E-state index contributed by atoms with van der Waals surface area (Å²) < 4.78 is 13.2. The summed E-state index contributed by atoms with van der Waals surface area (Å²) in [5.74, 6) is -0.864. The lowest BCUT2D eigenvalue weighted by molar-refractivity contribution is -0.115. The number of thioether (sulfide) groups is 1. The molecule has 0 spiro atoms. The summed E-state index contributed by atoms with van der Waals surface area (Å²) >= 11 is 1.42. The lowest BCUT2D eigenvalue weighted by Crippen LogP contribution is -2.38. The number of carbonyl (C=O) groups is 2. The summed E-state index contributed by atoms with van der Waals surface area (Å²) in [6.45, 7) is 1.83. The molecule has 0 bridgehead atoms. The van der Waals surface area contributed by atoms with Crippen molar-refractivity contribution in [2.75, 3.05) is 10.6 Å². The first-order valence-electron chi connectivity index (χ1n) is 11.4. The third-order valence-electron chi connectivity index (χ3n) is 5.86. The van der Waals surface area contributed by atoms with Crippen LogP contribution in [-0.4, -0.2) is 21.9 Å². The smallest absolute Gasteiger partial charge is 0.255 e. The fourth-order valence-corrected chi connectivity index (χ4v) is 5.20. The number of benzene rings is 3. The number of carbonyl (C=O) groups excluding carboxylic acids is 2. The molecule has 2 N–H and O–H groups in total. The van der Waals surface area contributed by atoms with Crippen LogP contribution in [-0.2, 0) is 9.59 Å². The molecular weight excluding hydrogens is 475 g/mol. The fraction of sp³-hybridized carbons (Fsp3) is 0.107. The Morgan fingerprint density at radius 1 is 0.917 bits per heavy atom. The Bertz CT molecular complexity index is 1390. The van der Waals surface area contributed by atoms with E-state index in [-0.39, 0.29) is 24.1 Å². The van der Waals surface area contributed by atoms with Crippen molar-refractivity contribution in [1.29, 1.82) is 0 Å². The molecule has 0 aliphatic carbocycles. The molecule has 0 saturated heterocycles. The van der Waals surface area contributed by atoms with E-state index in [4.69, 9.17) is 4.99 Å². The van der Waals surface area contributed by atoms with E-state index < -0.39 is 6.04 Å². The Hall–Kier alpha value is -4.17. The van der Waals surface area contributed by atoms with E-state index in [2.05, 4.69) is 10.6 Å². The fourth-order valence-electron chi connectivity index (χ4n) is 4.23. The minimum atomic E-state index is -0.456. The molecular formula is C28H23FN4O2S. The van der Waals surface area contributed by atoms with E-state index in [1.54, 1.807) is 0 Å². The van der Waals surface area contributed by atoms with Crippen molar-refractivity contribution in [3.8, 4) is 0 Å². The first-order chi connectivity index (χ1) is 17.5. The molecule has 1 atom stereocenters. The highest BCUT2D eigenvalue weighted by Crippen LogP contribution is 2.44. The molecule has 0 aromatic heterocycles. The quantitative estimate of drug-likeness (QED) is 0.433. The first kappa shape index (κ1) is 23.6. The summed E-state index contributed by atoms with van der Waals surface area (Å²) in [6, 6.07) is 24.2. The van der Waals surface area contributed by atoms with Crippen LogP contribution in [0, 0.1) is 5.82 Å². The van der Waals surface area contributed by atoms with Crippen LogP contribution >= 0.6 is 11.8 Å². The molecule has 0 saturated carbocycles. The topological polar surface area (TPSA) is 73.8 Å². The molecule has 1 unspecified atom stereocenters. The molecule has 180 valence electrons. The number of hydrogen-bond donors (Lipinski definition) is 2. The van der Waals surface area contributed by atoms with Crippen molar-refractivity contribution < 1.29 is 14.0 Å². The van der Waals surface area contributed by atoms with E-state index in [0.29, 0.717) is 27.8 Å². The van der Waals surface area contributed by atoms with Crippen molar-refractivity contribution in [1.82, 2.24) is 4.90 Å². The molecule has 36 heavy (non-hydrogen) atoms. The van der Waals surface area contributed by atoms with Crippen LogP contribution in [0.25, 0.3) is 0 Å². The van der Waals surface area contributed by atoms with Crippen molar-refractivity contribution >= 4 is 40.1 Å².